The molecule has 0 aliphatic rings. The Balaban J connectivity index is 2.02. The standard InChI is InChI=1S/C21H27Cl2FN2O2/c1-4-26(5-2)10-9-25-13-15-11-18(23)21(20(12-15)27-3)28-14-16-17(22)7-6-8-19(16)24/h6-8,11-12,25H,4-5,9-10,13-14H2,1-3H3. The van der Waals surface area contributed by atoms with E-state index in [0.717, 1.165) is 31.7 Å². The van der Waals surface area contributed by atoms with Crippen LogP contribution in [-0.2, 0) is 13.2 Å². The number of benzene rings is 2. The van der Waals surface area contributed by atoms with Crippen LogP contribution < -0.4 is 14.8 Å². The third-order valence-corrected chi connectivity index (χ3v) is 5.17. The van der Waals surface area contributed by atoms with Crippen LogP contribution in [0.3, 0.4) is 0 Å². The normalized spacial score (nSPS) is 11.1. The lowest BCUT2D eigenvalue weighted by Gasteiger charge is -2.18. The zero-order chi connectivity index (χ0) is 20.5. The average molecular weight is 429 g/mol. The summed E-state index contributed by atoms with van der Waals surface area (Å²) in [5.74, 6) is 0.451. The Hall–Kier alpha value is -1.53. The number of likely N-dealkylation sites (N-methyl/N-ethyl adjacent to an activating group) is 1. The Morgan fingerprint density at radius 2 is 1.86 bits per heavy atom. The zero-order valence-electron chi connectivity index (χ0n) is 16.5. The molecule has 0 aliphatic heterocycles. The Labute approximate surface area is 176 Å². The van der Waals surface area contributed by atoms with Crippen molar-refractivity contribution in [3.8, 4) is 11.5 Å². The van der Waals surface area contributed by atoms with Gasteiger partial charge in [0.25, 0.3) is 0 Å². The van der Waals surface area contributed by atoms with Crippen LogP contribution in [0.5, 0.6) is 11.5 Å². The van der Waals surface area contributed by atoms with Gasteiger partial charge in [0.2, 0.25) is 0 Å². The predicted molar refractivity (Wildman–Crippen MR) is 113 cm³/mol. The summed E-state index contributed by atoms with van der Waals surface area (Å²) in [7, 11) is 1.55. The lowest BCUT2D eigenvalue weighted by molar-refractivity contribution is 0.279. The fourth-order valence-electron chi connectivity index (χ4n) is 2.84. The predicted octanol–water partition coefficient (Wildman–Crippen LogP) is 5.15. The van der Waals surface area contributed by atoms with E-state index in [4.69, 9.17) is 32.7 Å². The summed E-state index contributed by atoms with van der Waals surface area (Å²) in [6.45, 7) is 8.88. The summed E-state index contributed by atoms with van der Waals surface area (Å²) in [6, 6.07) is 8.21. The lowest BCUT2D eigenvalue weighted by atomic mass is 10.2. The molecule has 0 heterocycles. The molecule has 0 bridgehead atoms. The monoisotopic (exact) mass is 428 g/mol. The van der Waals surface area contributed by atoms with E-state index in [0.29, 0.717) is 28.1 Å². The number of hydrogen-bond donors (Lipinski definition) is 1. The molecule has 1 N–H and O–H groups in total. The second kappa shape index (κ2) is 11.5. The van der Waals surface area contributed by atoms with E-state index >= 15 is 0 Å². The van der Waals surface area contributed by atoms with Crippen molar-refractivity contribution in [3.05, 3.63) is 57.3 Å². The minimum atomic E-state index is -0.420. The highest BCUT2D eigenvalue weighted by Crippen LogP contribution is 2.37. The molecule has 0 atom stereocenters. The number of methoxy groups -OCH3 is 1. The fourth-order valence-corrected chi connectivity index (χ4v) is 3.35. The number of nitrogens with one attached hydrogen (secondary N) is 1. The van der Waals surface area contributed by atoms with E-state index in [1.54, 1.807) is 19.2 Å². The Bertz CT molecular complexity index is 750. The van der Waals surface area contributed by atoms with E-state index in [1.807, 2.05) is 12.1 Å². The largest absolute Gasteiger partial charge is 0.493 e. The maximum Gasteiger partial charge on any atom is 0.180 e. The number of nitrogens with zero attached hydrogens (tertiary/aromatic N) is 1. The van der Waals surface area contributed by atoms with Crippen molar-refractivity contribution in [2.45, 2.75) is 27.0 Å². The van der Waals surface area contributed by atoms with Gasteiger partial charge in [-0.15, -0.1) is 0 Å². The highest BCUT2D eigenvalue weighted by molar-refractivity contribution is 6.32. The molecule has 0 aliphatic carbocycles. The van der Waals surface area contributed by atoms with Crippen molar-refractivity contribution < 1.29 is 13.9 Å². The molecular weight excluding hydrogens is 402 g/mol. The summed E-state index contributed by atoms with van der Waals surface area (Å²) in [4.78, 5) is 2.35. The van der Waals surface area contributed by atoms with Crippen molar-refractivity contribution in [1.82, 2.24) is 10.2 Å². The number of rotatable bonds is 11. The van der Waals surface area contributed by atoms with E-state index < -0.39 is 5.82 Å². The molecule has 154 valence electrons. The van der Waals surface area contributed by atoms with Gasteiger partial charge in [-0.2, -0.15) is 0 Å². The summed E-state index contributed by atoms with van der Waals surface area (Å²) in [5, 5.41) is 4.13. The van der Waals surface area contributed by atoms with Crippen molar-refractivity contribution in [2.75, 3.05) is 33.3 Å². The molecule has 0 radical (unpaired) electrons. The highest BCUT2D eigenvalue weighted by atomic mass is 35.5. The van der Waals surface area contributed by atoms with Crippen LogP contribution >= 0.6 is 23.2 Å². The van der Waals surface area contributed by atoms with Crippen molar-refractivity contribution in [2.24, 2.45) is 0 Å². The number of halogens is 3. The molecule has 2 rings (SSSR count). The van der Waals surface area contributed by atoms with Crippen LogP contribution in [0, 0.1) is 5.82 Å². The van der Waals surface area contributed by atoms with Crippen molar-refractivity contribution in [1.29, 1.82) is 0 Å². The van der Waals surface area contributed by atoms with Gasteiger partial charge >= 0.3 is 0 Å². The molecule has 2 aromatic carbocycles. The van der Waals surface area contributed by atoms with Gasteiger partial charge in [0.05, 0.1) is 17.2 Å². The molecule has 0 amide bonds. The van der Waals surface area contributed by atoms with Crippen molar-refractivity contribution in [3.63, 3.8) is 0 Å². The molecule has 0 fully saturated rings. The second-order valence-electron chi connectivity index (χ2n) is 6.30. The van der Waals surface area contributed by atoms with E-state index in [1.165, 1.54) is 6.07 Å². The summed E-state index contributed by atoms with van der Waals surface area (Å²) >= 11 is 12.5. The van der Waals surface area contributed by atoms with Gasteiger partial charge in [-0.3, -0.25) is 0 Å². The summed E-state index contributed by atoms with van der Waals surface area (Å²) in [5.41, 5.74) is 1.27. The first kappa shape index (κ1) is 22.8. The minimum Gasteiger partial charge on any atom is -0.493 e. The maximum atomic E-state index is 13.9. The van der Waals surface area contributed by atoms with Gasteiger partial charge in [0.15, 0.2) is 11.5 Å². The molecule has 0 saturated carbocycles. The van der Waals surface area contributed by atoms with Crippen LogP contribution in [0.2, 0.25) is 10.0 Å². The Morgan fingerprint density at radius 1 is 1.11 bits per heavy atom. The van der Waals surface area contributed by atoms with Gasteiger partial charge in [-0.25, -0.2) is 4.39 Å². The molecule has 7 heteroatoms. The van der Waals surface area contributed by atoms with Crippen LogP contribution in [0.4, 0.5) is 4.39 Å². The first-order valence-corrected chi connectivity index (χ1v) is 10.1. The second-order valence-corrected chi connectivity index (χ2v) is 7.12. The zero-order valence-corrected chi connectivity index (χ0v) is 18.0. The van der Waals surface area contributed by atoms with Crippen LogP contribution in [0.1, 0.15) is 25.0 Å². The molecular formula is C21H27Cl2FN2O2. The maximum absolute atomic E-state index is 13.9. The third kappa shape index (κ3) is 6.24. The summed E-state index contributed by atoms with van der Waals surface area (Å²) in [6.07, 6.45) is 0. The minimum absolute atomic E-state index is 0.0386. The molecule has 4 nitrogen and oxygen atoms in total. The molecule has 0 spiro atoms. The lowest BCUT2D eigenvalue weighted by Crippen LogP contribution is -2.31. The quantitative estimate of drug-likeness (QED) is 0.501. The fraction of sp³-hybridized carbons (Fsp3) is 0.429. The number of ether oxygens (including phenoxy) is 2. The molecule has 0 aromatic heterocycles. The highest BCUT2D eigenvalue weighted by Gasteiger charge is 2.15. The van der Waals surface area contributed by atoms with Gasteiger partial charge < -0.3 is 19.7 Å². The van der Waals surface area contributed by atoms with Gasteiger partial charge in [-0.1, -0.05) is 43.1 Å². The van der Waals surface area contributed by atoms with Gasteiger partial charge in [0.1, 0.15) is 12.4 Å². The smallest absolute Gasteiger partial charge is 0.180 e. The third-order valence-electron chi connectivity index (χ3n) is 4.54. The Kier molecular flexibility index (Phi) is 9.32. The van der Waals surface area contributed by atoms with E-state index in [-0.39, 0.29) is 12.2 Å². The topological polar surface area (TPSA) is 33.7 Å². The van der Waals surface area contributed by atoms with Gasteiger partial charge in [-0.05, 0) is 42.9 Å². The van der Waals surface area contributed by atoms with Crippen LogP contribution in [-0.4, -0.2) is 38.2 Å². The first-order valence-electron chi connectivity index (χ1n) is 9.35. The Morgan fingerprint density at radius 3 is 2.50 bits per heavy atom. The van der Waals surface area contributed by atoms with Crippen LogP contribution in [0.15, 0.2) is 30.3 Å². The molecule has 2 aromatic rings. The van der Waals surface area contributed by atoms with Gasteiger partial charge in [0, 0.05) is 25.2 Å². The van der Waals surface area contributed by atoms with Crippen LogP contribution in [0.25, 0.3) is 0 Å². The van der Waals surface area contributed by atoms with E-state index in [9.17, 15) is 4.39 Å². The molecule has 0 saturated heterocycles. The average Bonchev–Trinajstić information content (AvgIpc) is 2.68. The number of hydrogen-bond acceptors (Lipinski definition) is 4. The first-order chi connectivity index (χ1) is 13.5. The molecule has 0 unspecified atom stereocenters. The summed E-state index contributed by atoms with van der Waals surface area (Å²) < 4.78 is 25.1. The van der Waals surface area contributed by atoms with E-state index in [2.05, 4.69) is 24.1 Å². The molecule has 28 heavy (non-hydrogen) atoms. The van der Waals surface area contributed by atoms with Crippen molar-refractivity contribution >= 4 is 23.2 Å². The SMILES string of the molecule is CCN(CC)CCNCc1cc(Cl)c(OCc2c(F)cccc2Cl)c(OC)c1.